The van der Waals surface area contributed by atoms with Crippen LogP contribution in [-0.4, -0.2) is 59.4 Å². The summed E-state index contributed by atoms with van der Waals surface area (Å²) in [4.78, 5) is 37.2. The van der Waals surface area contributed by atoms with Gasteiger partial charge in [-0.15, -0.1) is 0 Å². The predicted molar refractivity (Wildman–Crippen MR) is 119 cm³/mol. The van der Waals surface area contributed by atoms with E-state index in [1.807, 2.05) is 30.2 Å². The molecule has 0 radical (unpaired) electrons. The molecule has 1 amide bonds. The minimum absolute atomic E-state index is 0.0257. The standard InChI is InChI=1S/C22H27N9O/c1-4-17(22(32)30-8-6-15(10-23)7-9-30)28-19-18-21(27-13-26-19)31(5-2)20(29-18)16-11-24-14(3)25-12-16/h11-13,15,17H,4-9H2,1-3H3,(H,26,27,28)/t17-/m0/s1. The van der Waals surface area contributed by atoms with Gasteiger partial charge in [0.25, 0.3) is 0 Å². The van der Waals surface area contributed by atoms with Crippen molar-refractivity contribution in [2.75, 3.05) is 18.4 Å². The maximum Gasteiger partial charge on any atom is 0.245 e. The van der Waals surface area contributed by atoms with Crippen molar-refractivity contribution >= 4 is 22.9 Å². The first-order valence-corrected chi connectivity index (χ1v) is 11.0. The molecular weight excluding hydrogens is 406 g/mol. The first-order valence-electron chi connectivity index (χ1n) is 11.0. The Morgan fingerprint density at radius 1 is 1.22 bits per heavy atom. The number of likely N-dealkylation sites (tertiary alicyclic amines) is 1. The van der Waals surface area contributed by atoms with E-state index in [1.165, 1.54) is 6.33 Å². The average Bonchev–Trinajstić information content (AvgIpc) is 3.22. The summed E-state index contributed by atoms with van der Waals surface area (Å²) in [6.07, 6.45) is 7.04. The highest BCUT2D eigenvalue weighted by Crippen LogP contribution is 2.27. The predicted octanol–water partition coefficient (Wildman–Crippen LogP) is 2.56. The minimum Gasteiger partial charge on any atom is -0.356 e. The molecule has 10 heteroatoms. The molecule has 1 fully saturated rings. The fourth-order valence-corrected chi connectivity index (χ4v) is 4.02. The molecule has 1 aliphatic heterocycles. The summed E-state index contributed by atoms with van der Waals surface area (Å²) >= 11 is 0. The average molecular weight is 434 g/mol. The number of fused-ring (bicyclic) bond motifs is 1. The number of aryl methyl sites for hydroxylation is 2. The number of anilines is 1. The summed E-state index contributed by atoms with van der Waals surface area (Å²) in [5, 5.41) is 12.4. The van der Waals surface area contributed by atoms with Crippen molar-refractivity contribution in [2.24, 2.45) is 5.92 Å². The van der Waals surface area contributed by atoms with Gasteiger partial charge < -0.3 is 14.8 Å². The van der Waals surface area contributed by atoms with Gasteiger partial charge in [-0.05, 0) is 33.1 Å². The molecule has 0 aromatic carbocycles. The van der Waals surface area contributed by atoms with Gasteiger partial charge in [-0.3, -0.25) is 4.79 Å². The molecule has 166 valence electrons. The molecule has 1 atom stereocenters. The second-order valence-corrected chi connectivity index (χ2v) is 7.93. The third-order valence-electron chi connectivity index (χ3n) is 5.89. The summed E-state index contributed by atoms with van der Waals surface area (Å²) in [6, 6.07) is 1.88. The van der Waals surface area contributed by atoms with Gasteiger partial charge in [0.2, 0.25) is 5.91 Å². The number of imidazole rings is 1. The Labute approximate surface area is 186 Å². The molecule has 4 rings (SSSR count). The third kappa shape index (κ3) is 4.10. The number of nitrogens with one attached hydrogen (secondary N) is 1. The highest BCUT2D eigenvalue weighted by Gasteiger charge is 2.28. The van der Waals surface area contributed by atoms with E-state index < -0.39 is 6.04 Å². The summed E-state index contributed by atoms with van der Waals surface area (Å²) in [5.74, 6) is 2.00. The number of aromatic nitrogens is 6. The van der Waals surface area contributed by atoms with Crippen LogP contribution in [0.25, 0.3) is 22.6 Å². The zero-order valence-corrected chi connectivity index (χ0v) is 18.6. The first-order chi connectivity index (χ1) is 15.5. The van der Waals surface area contributed by atoms with Crippen LogP contribution in [0, 0.1) is 24.2 Å². The molecule has 0 saturated carbocycles. The molecule has 0 spiro atoms. The van der Waals surface area contributed by atoms with Crippen molar-refractivity contribution < 1.29 is 4.79 Å². The van der Waals surface area contributed by atoms with E-state index in [-0.39, 0.29) is 11.8 Å². The number of piperidine rings is 1. The second-order valence-electron chi connectivity index (χ2n) is 7.93. The SMILES string of the molecule is CC[C@H](Nc1ncnc2c1nc(-c1cnc(C)nc1)n2CC)C(=O)N1CCC(C#N)CC1. The Kier molecular flexibility index (Phi) is 6.25. The van der Waals surface area contributed by atoms with Crippen LogP contribution in [0.15, 0.2) is 18.7 Å². The van der Waals surface area contributed by atoms with E-state index in [0.717, 1.165) is 18.4 Å². The lowest BCUT2D eigenvalue weighted by atomic mass is 9.98. The number of amides is 1. The lowest BCUT2D eigenvalue weighted by Crippen LogP contribution is -2.46. The molecule has 0 aliphatic carbocycles. The van der Waals surface area contributed by atoms with E-state index in [9.17, 15) is 4.79 Å². The van der Waals surface area contributed by atoms with Crippen molar-refractivity contribution in [1.82, 2.24) is 34.4 Å². The molecule has 10 nitrogen and oxygen atoms in total. The van der Waals surface area contributed by atoms with Gasteiger partial charge >= 0.3 is 0 Å². The summed E-state index contributed by atoms with van der Waals surface area (Å²) < 4.78 is 1.99. The van der Waals surface area contributed by atoms with Gasteiger partial charge in [0.1, 0.15) is 24.0 Å². The van der Waals surface area contributed by atoms with Gasteiger partial charge in [0, 0.05) is 37.9 Å². The van der Waals surface area contributed by atoms with Crippen LogP contribution >= 0.6 is 0 Å². The molecule has 1 aliphatic rings. The van der Waals surface area contributed by atoms with E-state index in [0.29, 0.717) is 54.7 Å². The molecule has 32 heavy (non-hydrogen) atoms. The lowest BCUT2D eigenvalue weighted by molar-refractivity contribution is -0.133. The van der Waals surface area contributed by atoms with E-state index in [2.05, 4.69) is 31.3 Å². The number of nitrogens with zero attached hydrogens (tertiary/aromatic N) is 8. The van der Waals surface area contributed by atoms with Gasteiger partial charge in [0.15, 0.2) is 17.0 Å². The molecule has 0 bridgehead atoms. The molecule has 3 aromatic heterocycles. The topological polar surface area (TPSA) is 126 Å². The summed E-state index contributed by atoms with van der Waals surface area (Å²) in [5.41, 5.74) is 2.10. The fourth-order valence-electron chi connectivity index (χ4n) is 4.02. The van der Waals surface area contributed by atoms with Crippen molar-refractivity contribution in [3.63, 3.8) is 0 Å². The van der Waals surface area contributed by atoms with Crippen LogP contribution < -0.4 is 5.32 Å². The Balaban J connectivity index is 1.63. The van der Waals surface area contributed by atoms with Gasteiger partial charge in [-0.25, -0.2) is 24.9 Å². The lowest BCUT2D eigenvalue weighted by Gasteiger charge is -2.32. The van der Waals surface area contributed by atoms with Gasteiger partial charge in [0.05, 0.1) is 11.6 Å². The van der Waals surface area contributed by atoms with Crippen LogP contribution in [-0.2, 0) is 11.3 Å². The first kappa shape index (κ1) is 21.6. The van der Waals surface area contributed by atoms with Crippen molar-refractivity contribution in [2.45, 2.75) is 52.6 Å². The zero-order valence-electron chi connectivity index (χ0n) is 18.6. The Morgan fingerprint density at radius 2 is 1.94 bits per heavy atom. The monoisotopic (exact) mass is 433 g/mol. The number of rotatable bonds is 6. The highest BCUT2D eigenvalue weighted by atomic mass is 16.2. The van der Waals surface area contributed by atoms with Gasteiger partial charge in [-0.2, -0.15) is 5.26 Å². The number of nitriles is 1. The molecule has 0 unspecified atom stereocenters. The summed E-state index contributed by atoms with van der Waals surface area (Å²) in [7, 11) is 0. The quantitative estimate of drug-likeness (QED) is 0.629. The maximum absolute atomic E-state index is 13.1. The van der Waals surface area contributed by atoms with Gasteiger partial charge in [-0.1, -0.05) is 6.92 Å². The molecule has 4 heterocycles. The molecule has 1 saturated heterocycles. The third-order valence-corrected chi connectivity index (χ3v) is 5.89. The highest BCUT2D eigenvalue weighted by molar-refractivity contribution is 5.90. The van der Waals surface area contributed by atoms with Crippen LogP contribution in [0.5, 0.6) is 0 Å². The van der Waals surface area contributed by atoms with Crippen LogP contribution in [0.1, 0.15) is 38.9 Å². The molecular formula is C22H27N9O. The Bertz CT molecular complexity index is 1140. The fraction of sp³-hybridized carbons (Fsp3) is 0.500. The smallest absolute Gasteiger partial charge is 0.245 e. The zero-order chi connectivity index (χ0) is 22.7. The van der Waals surface area contributed by atoms with Crippen molar-refractivity contribution in [3.05, 3.63) is 24.5 Å². The second kappa shape index (κ2) is 9.26. The number of carbonyl (C=O) groups excluding carboxylic acids is 1. The Morgan fingerprint density at radius 3 is 2.56 bits per heavy atom. The van der Waals surface area contributed by atoms with E-state index >= 15 is 0 Å². The van der Waals surface area contributed by atoms with Crippen LogP contribution in [0.4, 0.5) is 5.82 Å². The van der Waals surface area contributed by atoms with Crippen LogP contribution in [0.3, 0.4) is 0 Å². The van der Waals surface area contributed by atoms with E-state index in [1.54, 1.807) is 12.4 Å². The van der Waals surface area contributed by atoms with E-state index in [4.69, 9.17) is 10.2 Å². The maximum atomic E-state index is 13.1. The van der Waals surface area contributed by atoms with Crippen molar-refractivity contribution in [3.8, 4) is 17.5 Å². The largest absolute Gasteiger partial charge is 0.356 e. The summed E-state index contributed by atoms with van der Waals surface area (Å²) in [6.45, 7) is 7.71. The number of carbonyl (C=O) groups is 1. The molecule has 1 N–H and O–H groups in total. The van der Waals surface area contributed by atoms with Crippen molar-refractivity contribution in [1.29, 1.82) is 5.26 Å². The van der Waals surface area contributed by atoms with Crippen LogP contribution in [0.2, 0.25) is 0 Å². The number of hydrogen-bond acceptors (Lipinski definition) is 8. The Hall–Kier alpha value is -3.61. The molecule has 3 aromatic rings. The number of hydrogen-bond donors (Lipinski definition) is 1. The minimum atomic E-state index is -0.426. The normalized spacial score (nSPS) is 15.5.